The van der Waals surface area contributed by atoms with Crippen molar-refractivity contribution in [3.63, 3.8) is 0 Å². The lowest BCUT2D eigenvalue weighted by atomic mass is 10.1. The van der Waals surface area contributed by atoms with Crippen molar-refractivity contribution in [2.24, 2.45) is 0 Å². The molecule has 2 aromatic heterocycles. The molecule has 2 aromatic carbocycles. The number of ether oxygens (including phenoxy) is 1. The number of carbonyl (C=O) groups is 1. The average molecular weight is 492 g/mol. The van der Waals surface area contributed by atoms with Gasteiger partial charge in [0.15, 0.2) is 0 Å². The van der Waals surface area contributed by atoms with Gasteiger partial charge in [-0.2, -0.15) is 0 Å². The van der Waals surface area contributed by atoms with E-state index in [-0.39, 0.29) is 34.0 Å². The molecule has 0 saturated heterocycles. The maximum Gasteiger partial charge on any atom is 0.340 e. The summed E-state index contributed by atoms with van der Waals surface area (Å²) >= 11 is 0. The van der Waals surface area contributed by atoms with Crippen LogP contribution in [0.1, 0.15) is 38.4 Å². The van der Waals surface area contributed by atoms with Gasteiger partial charge in [-0.1, -0.05) is 35.9 Å². The molecular formula is C26H25N3O5S. The van der Waals surface area contributed by atoms with Crippen LogP contribution in [0.25, 0.3) is 5.65 Å². The Morgan fingerprint density at radius 1 is 0.971 bits per heavy atom. The zero-order chi connectivity index (χ0) is 25.3. The van der Waals surface area contributed by atoms with Gasteiger partial charge < -0.3 is 4.74 Å². The molecule has 0 saturated carbocycles. The average Bonchev–Trinajstić information content (AvgIpc) is 2.76. The summed E-state index contributed by atoms with van der Waals surface area (Å²) in [6.45, 7) is 6.92. The number of aryl methyl sites for hydroxylation is 4. The number of rotatable bonds is 6. The van der Waals surface area contributed by atoms with Gasteiger partial charge in [-0.05, 0) is 63.1 Å². The van der Waals surface area contributed by atoms with Crippen molar-refractivity contribution in [3.8, 4) is 0 Å². The summed E-state index contributed by atoms with van der Waals surface area (Å²) in [5, 5.41) is 0. The standard InChI is InChI=1S/C26H25N3O5S/c1-16-12-17(2)25(18(3)13-16)35(32,33)28-22-10-6-5-9-21(22)26(31)34-15-20-14-24(30)29-19(4)8-7-11-23(29)27-20/h5-14,28H,15H2,1-4H3. The van der Waals surface area contributed by atoms with E-state index in [0.717, 1.165) is 11.3 Å². The molecule has 0 aliphatic heterocycles. The molecular weight excluding hydrogens is 466 g/mol. The lowest BCUT2D eigenvalue weighted by Gasteiger charge is -2.16. The third kappa shape index (κ3) is 4.95. The molecule has 0 aliphatic rings. The van der Waals surface area contributed by atoms with Crippen LogP contribution in [0.2, 0.25) is 0 Å². The second-order valence-electron chi connectivity index (χ2n) is 8.40. The second kappa shape index (κ2) is 9.34. The van der Waals surface area contributed by atoms with Gasteiger partial charge in [-0.15, -0.1) is 0 Å². The highest BCUT2D eigenvalue weighted by atomic mass is 32.2. The van der Waals surface area contributed by atoms with Crippen LogP contribution in [0.3, 0.4) is 0 Å². The highest BCUT2D eigenvalue weighted by molar-refractivity contribution is 7.92. The Balaban J connectivity index is 1.58. The number of fused-ring (bicyclic) bond motifs is 1. The lowest BCUT2D eigenvalue weighted by molar-refractivity contribution is 0.0469. The fraction of sp³-hybridized carbons (Fsp3) is 0.192. The summed E-state index contributed by atoms with van der Waals surface area (Å²) in [5.74, 6) is -0.744. The molecule has 0 atom stereocenters. The van der Waals surface area contributed by atoms with E-state index in [1.165, 1.54) is 22.6 Å². The van der Waals surface area contributed by atoms with Crippen LogP contribution in [0.4, 0.5) is 5.69 Å². The van der Waals surface area contributed by atoms with Crippen LogP contribution in [-0.4, -0.2) is 23.8 Å². The quantitative estimate of drug-likeness (QED) is 0.407. The molecule has 0 unspecified atom stereocenters. The topological polar surface area (TPSA) is 107 Å². The first-order valence-corrected chi connectivity index (χ1v) is 12.4. The van der Waals surface area contributed by atoms with Gasteiger partial charge in [-0.25, -0.2) is 18.2 Å². The van der Waals surface area contributed by atoms with Crippen LogP contribution in [-0.2, 0) is 21.4 Å². The van der Waals surface area contributed by atoms with Gasteiger partial charge in [0, 0.05) is 11.8 Å². The Bertz CT molecular complexity index is 1600. The van der Waals surface area contributed by atoms with E-state index in [1.807, 2.05) is 6.92 Å². The number of hydrogen-bond acceptors (Lipinski definition) is 6. The summed E-state index contributed by atoms with van der Waals surface area (Å²) in [6, 6.07) is 16.4. The van der Waals surface area contributed by atoms with Crippen molar-refractivity contribution in [1.82, 2.24) is 9.38 Å². The highest BCUT2D eigenvalue weighted by Gasteiger charge is 2.23. The molecule has 35 heavy (non-hydrogen) atoms. The second-order valence-corrected chi connectivity index (χ2v) is 10.0. The molecule has 4 rings (SSSR count). The van der Waals surface area contributed by atoms with Gasteiger partial charge in [0.1, 0.15) is 12.3 Å². The number of hydrogen-bond donors (Lipinski definition) is 1. The number of para-hydroxylation sites is 1. The predicted octanol–water partition coefficient (Wildman–Crippen LogP) is 4.09. The van der Waals surface area contributed by atoms with Crippen LogP contribution >= 0.6 is 0 Å². The Kier molecular flexibility index (Phi) is 6.45. The van der Waals surface area contributed by atoms with Crippen molar-refractivity contribution >= 4 is 27.3 Å². The third-order valence-corrected chi connectivity index (χ3v) is 7.22. The Morgan fingerprint density at radius 3 is 2.37 bits per heavy atom. The minimum absolute atomic E-state index is 0.0480. The van der Waals surface area contributed by atoms with Gasteiger partial charge in [-0.3, -0.25) is 13.9 Å². The number of esters is 1. The molecule has 0 spiro atoms. The van der Waals surface area contributed by atoms with Crippen LogP contribution in [0, 0.1) is 27.7 Å². The van der Waals surface area contributed by atoms with E-state index >= 15 is 0 Å². The Labute approximate surface area is 203 Å². The molecule has 9 heteroatoms. The zero-order valence-corrected chi connectivity index (χ0v) is 20.6. The molecule has 2 heterocycles. The van der Waals surface area contributed by atoms with E-state index in [1.54, 1.807) is 63.2 Å². The van der Waals surface area contributed by atoms with E-state index in [9.17, 15) is 18.0 Å². The number of benzene rings is 2. The molecule has 4 aromatic rings. The minimum atomic E-state index is -3.96. The third-order valence-electron chi connectivity index (χ3n) is 5.55. The van der Waals surface area contributed by atoms with Crippen molar-refractivity contribution in [2.75, 3.05) is 4.72 Å². The predicted molar refractivity (Wildman–Crippen MR) is 133 cm³/mol. The van der Waals surface area contributed by atoms with Crippen LogP contribution in [0.5, 0.6) is 0 Å². The maximum absolute atomic E-state index is 13.2. The summed E-state index contributed by atoms with van der Waals surface area (Å²) in [7, 11) is -3.96. The Morgan fingerprint density at radius 2 is 1.66 bits per heavy atom. The molecule has 8 nitrogen and oxygen atoms in total. The summed E-state index contributed by atoms with van der Waals surface area (Å²) in [5.41, 5.74) is 3.52. The van der Waals surface area contributed by atoms with Crippen molar-refractivity contribution in [3.05, 3.63) is 105 Å². The maximum atomic E-state index is 13.2. The monoisotopic (exact) mass is 491 g/mol. The number of sulfonamides is 1. The van der Waals surface area contributed by atoms with E-state index in [2.05, 4.69) is 9.71 Å². The molecule has 0 fully saturated rings. The van der Waals surface area contributed by atoms with Gasteiger partial charge >= 0.3 is 5.97 Å². The number of aromatic nitrogens is 2. The Hall–Kier alpha value is -3.98. The number of pyridine rings is 1. The number of nitrogens with zero attached hydrogens (tertiary/aromatic N) is 2. The first-order chi connectivity index (χ1) is 16.6. The lowest BCUT2D eigenvalue weighted by Crippen LogP contribution is -2.20. The smallest absolute Gasteiger partial charge is 0.340 e. The molecule has 0 amide bonds. The zero-order valence-electron chi connectivity index (χ0n) is 19.8. The largest absolute Gasteiger partial charge is 0.456 e. The van der Waals surface area contributed by atoms with E-state index in [0.29, 0.717) is 16.8 Å². The van der Waals surface area contributed by atoms with Crippen molar-refractivity contribution in [1.29, 1.82) is 0 Å². The van der Waals surface area contributed by atoms with E-state index in [4.69, 9.17) is 4.74 Å². The normalized spacial score (nSPS) is 11.4. The summed E-state index contributed by atoms with van der Waals surface area (Å²) < 4.78 is 35.8. The van der Waals surface area contributed by atoms with Gasteiger partial charge in [0.2, 0.25) is 0 Å². The van der Waals surface area contributed by atoms with Crippen molar-refractivity contribution in [2.45, 2.75) is 39.2 Å². The van der Waals surface area contributed by atoms with Crippen LogP contribution < -0.4 is 10.3 Å². The SMILES string of the molecule is Cc1cc(C)c(S(=O)(=O)Nc2ccccc2C(=O)OCc2cc(=O)n3c(C)cccc3n2)c(C)c1. The first kappa shape index (κ1) is 24.2. The molecule has 0 bridgehead atoms. The van der Waals surface area contributed by atoms with Gasteiger partial charge in [0.05, 0.1) is 21.8 Å². The summed E-state index contributed by atoms with van der Waals surface area (Å²) in [4.78, 5) is 29.9. The van der Waals surface area contributed by atoms with Crippen LogP contribution in [0.15, 0.2) is 70.4 Å². The number of nitrogens with one attached hydrogen (secondary N) is 1. The van der Waals surface area contributed by atoms with Gasteiger partial charge in [0.25, 0.3) is 15.6 Å². The molecule has 0 aliphatic carbocycles. The molecule has 1 N–H and O–H groups in total. The van der Waals surface area contributed by atoms with Crippen molar-refractivity contribution < 1.29 is 17.9 Å². The fourth-order valence-electron chi connectivity index (χ4n) is 4.19. The number of anilines is 1. The summed E-state index contributed by atoms with van der Waals surface area (Å²) in [6.07, 6.45) is 0. The molecule has 0 radical (unpaired) electrons. The highest BCUT2D eigenvalue weighted by Crippen LogP contribution is 2.26. The van der Waals surface area contributed by atoms with E-state index < -0.39 is 16.0 Å². The molecule has 180 valence electrons. The fourth-order valence-corrected chi connectivity index (χ4v) is 5.73. The number of carbonyl (C=O) groups excluding carboxylic acids is 1. The minimum Gasteiger partial charge on any atom is -0.456 e. The first-order valence-electron chi connectivity index (χ1n) is 10.9.